The zero-order valence-electron chi connectivity index (χ0n) is 9.85. The van der Waals surface area contributed by atoms with Crippen LogP contribution in [0.4, 0.5) is 0 Å². The number of esters is 1. The molecule has 0 aromatic heterocycles. The highest BCUT2D eigenvalue weighted by molar-refractivity contribution is 5.86. The number of nitrogens with one attached hydrogen (secondary N) is 1. The summed E-state index contributed by atoms with van der Waals surface area (Å²) >= 11 is 0. The molecule has 0 aliphatic heterocycles. The first kappa shape index (κ1) is 15.6. The largest absolute Gasteiger partial charge is 0.467 e. The summed E-state index contributed by atoms with van der Waals surface area (Å²) < 4.78 is 9.65. The molecule has 0 fully saturated rings. The van der Waals surface area contributed by atoms with E-state index < -0.39 is 24.1 Å². The van der Waals surface area contributed by atoms with E-state index in [4.69, 9.17) is 16.2 Å². The van der Waals surface area contributed by atoms with E-state index in [2.05, 4.69) is 16.6 Å². The third kappa shape index (κ3) is 6.67. The van der Waals surface area contributed by atoms with Gasteiger partial charge in [0.2, 0.25) is 0 Å². The predicted molar refractivity (Wildman–Crippen MR) is 61.7 cm³/mol. The van der Waals surface area contributed by atoms with Crippen LogP contribution >= 0.6 is 0 Å². The molecule has 98 valence electrons. The molecule has 1 amide bonds. The Kier molecular flexibility index (Phi) is 7.95. The average molecular weight is 245 g/mol. The van der Waals surface area contributed by atoms with Gasteiger partial charge in [-0.05, 0) is 0 Å². The topological polar surface area (TPSA) is 117 Å². The van der Waals surface area contributed by atoms with Gasteiger partial charge in [-0.15, -0.1) is 6.58 Å². The molecule has 7 heteroatoms. The summed E-state index contributed by atoms with van der Waals surface area (Å²) in [4.78, 5) is 22.6. The van der Waals surface area contributed by atoms with Gasteiger partial charge in [0.05, 0.1) is 13.7 Å². The van der Waals surface area contributed by atoms with Crippen LogP contribution in [0.2, 0.25) is 0 Å². The van der Waals surface area contributed by atoms with Crippen molar-refractivity contribution >= 4 is 11.9 Å². The fourth-order valence-electron chi connectivity index (χ4n) is 1.03. The Morgan fingerprint density at radius 3 is 2.59 bits per heavy atom. The fraction of sp³-hybridized carbons (Fsp3) is 0.600. The molecule has 1 unspecified atom stereocenters. The number of hydrogen-bond donors (Lipinski definition) is 3. The number of hydrogen-bond acceptors (Lipinski definition) is 6. The molecule has 0 aromatic carbocycles. The Balaban J connectivity index is 4.19. The molecule has 0 aromatic rings. The minimum absolute atomic E-state index is 0.277. The Labute approximate surface area is 100 Å². The van der Waals surface area contributed by atoms with Crippen LogP contribution in [-0.4, -0.2) is 44.4 Å². The summed E-state index contributed by atoms with van der Waals surface area (Å²) in [6.07, 6.45) is 0.691. The van der Waals surface area contributed by atoms with Crippen molar-refractivity contribution in [3.63, 3.8) is 0 Å². The van der Waals surface area contributed by atoms with Gasteiger partial charge in [0.1, 0.15) is 12.2 Å². The van der Waals surface area contributed by atoms with Gasteiger partial charge in [-0.1, -0.05) is 6.08 Å². The van der Waals surface area contributed by atoms with Gasteiger partial charge in [0.15, 0.2) is 0 Å². The van der Waals surface area contributed by atoms with E-state index >= 15 is 0 Å². The van der Waals surface area contributed by atoms with Gasteiger partial charge in [-0.3, -0.25) is 4.79 Å². The van der Waals surface area contributed by atoms with E-state index in [0.717, 1.165) is 0 Å². The Morgan fingerprint density at radius 1 is 1.47 bits per heavy atom. The van der Waals surface area contributed by atoms with Crippen molar-refractivity contribution < 1.29 is 19.1 Å². The highest BCUT2D eigenvalue weighted by Gasteiger charge is 2.22. The van der Waals surface area contributed by atoms with Gasteiger partial charge < -0.3 is 26.3 Å². The van der Waals surface area contributed by atoms with Crippen LogP contribution in [0.5, 0.6) is 0 Å². The van der Waals surface area contributed by atoms with Gasteiger partial charge in [0, 0.05) is 13.0 Å². The fourth-order valence-corrected chi connectivity index (χ4v) is 1.03. The van der Waals surface area contributed by atoms with Crippen molar-refractivity contribution in [3.8, 4) is 0 Å². The summed E-state index contributed by atoms with van der Waals surface area (Å²) in [5.74, 6) is -1.19. The molecular formula is C10H19N3O4. The first-order valence-electron chi connectivity index (χ1n) is 5.11. The number of nitrogens with two attached hydrogens (primary N) is 2. The smallest absolute Gasteiger partial charge is 0.328 e. The number of rotatable bonds is 8. The van der Waals surface area contributed by atoms with E-state index in [1.807, 2.05) is 0 Å². The second-order valence-electron chi connectivity index (χ2n) is 3.26. The monoisotopic (exact) mass is 245 g/mol. The van der Waals surface area contributed by atoms with Crippen LogP contribution in [-0.2, 0) is 19.1 Å². The molecule has 7 nitrogen and oxygen atoms in total. The zero-order valence-corrected chi connectivity index (χ0v) is 9.85. The van der Waals surface area contributed by atoms with Crippen LogP contribution in [0.25, 0.3) is 0 Å². The third-order valence-corrected chi connectivity index (χ3v) is 1.89. The van der Waals surface area contributed by atoms with Crippen molar-refractivity contribution in [1.82, 2.24) is 5.32 Å². The molecule has 0 rings (SSSR count). The molecule has 17 heavy (non-hydrogen) atoms. The van der Waals surface area contributed by atoms with Crippen molar-refractivity contribution in [2.45, 2.75) is 18.6 Å². The lowest BCUT2D eigenvalue weighted by atomic mass is 10.2. The highest BCUT2D eigenvalue weighted by atomic mass is 16.5. The molecule has 0 heterocycles. The molecule has 0 saturated carbocycles. The van der Waals surface area contributed by atoms with E-state index in [9.17, 15) is 9.59 Å². The maximum atomic E-state index is 11.3. The van der Waals surface area contributed by atoms with Crippen LogP contribution in [0.15, 0.2) is 12.7 Å². The van der Waals surface area contributed by atoms with Crippen LogP contribution < -0.4 is 16.8 Å². The molecule has 0 aliphatic carbocycles. The summed E-state index contributed by atoms with van der Waals surface area (Å²) in [5, 5.41) is 2.37. The molecule has 0 aliphatic rings. The lowest BCUT2D eigenvalue weighted by molar-refractivity contribution is -0.145. The highest BCUT2D eigenvalue weighted by Crippen LogP contribution is 1.96. The van der Waals surface area contributed by atoms with Gasteiger partial charge >= 0.3 is 5.97 Å². The van der Waals surface area contributed by atoms with Gasteiger partial charge in [0.25, 0.3) is 5.91 Å². The second-order valence-corrected chi connectivity index (χ2v) is 3.26. The second kappa shape index (κ2) is 8.68. The Bertz CT molecular complexity index is 268. The Hall–Kier alpha value is -1.44. The Morgan fingerprint density at radius 2 is 2.12 bits per heavy atom. The molecule has 0 radical (unpaired) electrons. The van der Waals surface area contributed by atoms with Gasteiger partial charge in [-0.25, -0.2) is 4.79 Å². The van der Waals surface area contributed by atoms with E-state index in [1.165, 1.54) is 7.11 Å². The molecule has 0 saturated heterocycles. The van der Waals surface area contributed by atoms with Crippen LogP contribution in [0.3, 0.4) is 0 Å². The minimum atomic E-state index is -1.17. The normalized spacial score (nSPS) is 12.0. The molecule has 5 N–H and O–H groups in total. The van der Waals surface area contributed by atoms with E-state index in [0.29, 0.717) is 6.61 Å². The standard InChI is InChI=1S/C10H19N3O4/c1-3-5-17-6-4-7(10(15)16-2)13-9(14)8(11)12/h3,7-8H,1,4-6,11-12H2,2H3,(H,13,14). The summed E-state index contributed by atoms with van der Waals surface area (Å²) in [5.41, 5.74) is 10.3. The number of methoxy groups -OCH3 is 1. The minimum Gasteiger partial charge on any atom is -0.467 e. The molecule has 1 atom stereocenters. The van der Waals surface area contributed by atoms with Crippen molar-refractivity contribution in [2.75, 3.05) is 20.3 Å². The lowest BCUT2D eigenvalue weighted by Crippen LogP contribution is -2.52. The number of amides is 1. The molecule has 0 spiro atoms. The van der Waals surface area contributed by atoms with Crippen LogP contribution in [0.1, 0.15) is 6.42 Å². The maximum Gasteiger partial charge on any atom is 0.328 e. The summed E-state index contributed by atoms with van der Waals surface area (Å²) in [7, 11) is 1.23. The van der Waals surface area contributed by atoms with Gasteiger partial charge in [-0.2, -0.15) is 0 Å². The number of ether oxygens (including phenoxy) is 2. The third-order valence-electron chi connectivity index (χ3n) is 1.89. The first-order valence-corrected chi connectivity index (χ1v) is 5.11. The summed E-state index contributed by atoms with van der Waals surface area (Å²) in [6.45, 7) is 4.14. The first-order chi connectivity index (χ1) is 8.02. The van der Waals surface area contributed by atoms with E-state index in [1.54, 1.807) is 6.08 Å². The SMILES string of the molecule is C=CCOCCC(NC(=O)C(N)N)C(=O)OC. The summed E-state index contributed by atoms with van der Waals surface area (Å²) in [6, 6.07) is -0.813. The van der Waals surface area contributed by atoms with Crippen LogP contribution in [0, 0.1) is 0 Å². The molecular weight excluding hydrogens is 226 g/mol. The lowest BCUT2D eigenvalue weighted by Gasteiger charge is -2.17. The average Bonchev–Trinajstić information content (AvgIpc) is 2.31. The molecule has 0 bridgehead atoms. The number of carbonyl (C=O) groups excluding carboxylic acids is 2. The quantitative estimate of drug-likeness (QED) is 0.207. The van der Waals surface area contributed by atoms with E-state index in [-0.39, 0.29) is 13.0 Å². The van der Waals surface area contributed by atoms with Crippen molar-refractivity contribution in [1.29, 1.82) is 0 Å². The van der Waals surface area contributed by atoms with Crippen molar-refractivity contribution in [3.05, 3.63) is 12.7 Å². The maximum absolute atomic E-state index is 11.3. The number of carbonyl (C=O) groups is 2. The zero-order chi connectivity index (χ0) is 13.3. The predicted octanol–water partition coefficient (Wildman–Crippen LogP) is -1.52. The van der Waals surface area contributed by atoms with Crippen molar-refractivity contribution in [2.24, 2.45) is 11.5 Å².